The van der Waals surface area contributed by atoms with Gasteiger partial charge in [0.15, 0.2) is 5.78 Å². The monoisotopic (exact) mass is 464 g/mol. The maximum Gasteiger partial charge on any atom is 0.159 e. The van der Waals surface area contributed by atoms with Crippen molar-refractivity contribution in [3.8, 4) is 0 Å². The van der Waals surface area contributed by atoms with E-state index in [1.54, 1.807) is 19.9 Å². The standard InChI is InChI=1S/C27H44O6/c1-24(2,32)9-8-22(30)17(15-28)18-7-12-27(33)20-14-23(31)21-13-16(29)5-10-25(21,3)19(20)6-11-26(18,27)4/h14,16-19,21-22,28-30,32-33H,5-13,15H2,1-4H3/t16-,17?,18-,19?,21+,22-,25-,26-,27-/m1/s1. The Morgan fingerprint density at radius 3 is 2.45 bits per heavy atom. The molecule has 0 aromatic carbocycles. The molecule has 3 fully saturated rings. The fourth-order valence-electron chi connectivity index (χ4n) is 8.28. The lowest BCUT2D eigenvalue weighted by atomic mass is 9.46. The van der Waals surface area contributed by atoms with E-state index in [1.807, 2.05) is 0 Å². The van der Waals surface area contributed by atoms with Crippen molar-refractivity contribution in [3.05, 3.63) is 11.6 Å². The summed E-state index contributed by atoms with van der Waals surface area (Å²) in [6, 6.07) is 0. The molecule has 5 N–H and O–H groups in total. The lowest BCUT2D eigenvalue weighted by Gasteiger charge is -2.60. The van der Waals surface area contributed by atoms with Gasteiger partial charge in [-0.3, -0.25) is 4.79 Å². The van der Waals surface area contributed by atoms with Gasteiger partial charge in [-0.15, -0.1) is 0 Å². The summed E-state index contributed by atoms with van der Waals surface area (Å²) < 4.78 is 0. The highest BCUT2D eigenvalue weighted by Gasteiger charge is 2.66. The van der Waals surface area contributed by atoms with Crippen molar-refractivity contribution < 1.29 is 30.3 Å². The fourth-order valence-corrected chi connectivity index (χ4v) is 8.28. The summed E-state index contributed by atoms with van der Waals surface area (Å²) >= 11 is 0. The summed E-state index contributed by atoms with van der Waals surface area (Å²) in [5, 5.41) is 53.8. The van der Waals surface area contributed by atoms with E-state index < -0.39 is 28.8 Å². The van der Waals surface area contributed by atoms with E-state index in [9.17, 15) is 30.3 Å². The van der Waals surface area contributed by atoms with Crippen LogP contribution in [0.4, 0.5) is 0 Å². The highest BCUT2D eigenvalue weighted by molar-refractivity contribution is 5.95. The van der Waals surface area contributed by atoms with Crippen LogP contribution in [0.2, 0.25) is 0 Å². The molecule has 0 aromatic heterocycles. The van der Waals surface area contributed by atoms with Crippen molar-refractivity contribution >= 4 is 5.78 Å². The predicted octanol–water partition coefficient (Wildman–Crippen LogP) is 2.74. The van der Waals surface area contributed by atoms with Gasteiger partial charge >= 0.3 is 0 Å². The third kappa shape index (κ3) is 3.94. The predicted molar refractivity (Wildman–Crippen MR) is 125 cm³/mol. The smallest absolute Gasteiger partial charge is 0.159 e. The highest BCUT2D eigenvalue weighted by atomic mass is 16.3. The van der Waals surface area contributed by atoms with Gasteiger partial charge in [0.1, 0.15) is 0 Å². The molecule has 0 saturated heterocycles. The molecule has 6 heteroatoms. The zero-order valence-corrected chi connectivity index (χ0v) is 20.8. The fraction of sp³-hybridized carbons (Fsp3) is 0.889. The van der Waals surface area contributed by atoms with E-state index in [1.165, 1.54) is 0 Å². The number of hydrogen-bond acceptors (Lipinski definition) is 6. The van der Waals surface area contributed by atoms with E-state index >= 15 is 0 Å². The summed E-state index contributed by atoms with van der Waals surface area (Å²) in [5.74, 6) is -0.477. The normalized spacial score (nSPS) is 45.0. The first kappa shape index (κ1) is 25.3. The molecule has 6 nitrogen and oxygen atoms in total. The molecule has 0 radical (unpaired) electrons. The van der Waals surface area contributed by atoms with Crippen LogP contribution in [0.3, 0.4) is 0 Å². The Balaban J connectivity index is 1.64. The number of ketones is 1. The van der Waals surface area contributed by atoms with Gasteiger partial charge < -0.3 is 25.5 Å². The third-order valence-electron chi connectivity index (χ3n) is 10.4. The van der Waals surface area contributed by atoms with Gasteiger partial charge in [-0.2, -0.15) is 0 Å². The molecule has 0 aliphatic heterocycles. The van der Waals surface area contributed by atoms with Crippen LogP contribution >= 0.6 is 0 Å². The van der Waals surface area contributed by atoms with Crippen molar-refractivity contribution in [1.82, 2.24) is 0 Å². The SMILES string of the molecule is CC(C)(O)CC[C@@H](O)C(CO)[C@H]1CC[C@@]2(O)C3=CC(=O)[C@@H]4C[C@H](O)CC[C@]4(C)C3CC[C@]12C. The number of fused-ring (bicyclic) bond motifs is 5. The molecule has 33 heavy (non-hydrogen) atoms. The van der Waals surface area contributed by atoms with Crippen molar-refractivity contribution in [2.75, 3.05) is 6.61 Å². The Labute approximate surface area is 198 Å². The van der Waals surface area contributed by atoms with Gasteiger partial charge in [-0.25, -0.2) is 0 Å². The Morgan fingerprint density at radius 1 is 1.12 bits per heavy atom. The molecule has 4 aliphatic rings. The lowest BCUT2D eigenvalue weighted by molar-refractivity contribution is -0.144. The van der Waals surface area contributed by atoms with E-state index in [0.717, 1.165) is 24.8 Å². The van der Waals surface area contributed by atoms with Crippen molar-refractivity contribution in [1.29, 1.82) is 0 Å². The number of hydrogen-bond donors (Lipinski definition) is 5. The summed E-state index contributed by atoms with van der Waals surface area (Å²) in [6.45, 7) is 7.53. The molecule has 9 atom stereocenters. The lowest BCUT2D eigenvalue weighted by Crippen LogP contribution is -2.59. The number of allylic oxidation sites excluding steroid dienone is 1. The third-order valence-corrected chi connectivity index (χ3v) is 10.4. The summed E-state index contributed by atoms with van der Waals surface area (Å²) in [4.78, 5) is 13.2. The Hall–Kier alpha value is -0.790. The number of carbonyl (C=O) groups is 1. The maximum absolute atomic E-state index is 13.2. The van der Waals surface area contributed by atoms with Gasteiger partial charge in [0, 0.05) is 23.9 Å². The summed E-state index contributed by atoms with van der Waals surface area (Å²) in [7, 11) is 0. The Morgan fingerprint density at radius 2 is 1.82 bits per heavy atom. The van der Waals surface area contributed by atoms with Crippen LogP contribution in [0.15, 0.2) is 11.6 Å². The number of rotatable bonds is 6. The quantitative estimate of drug-likeness (QED) is 0.413. The minimum Gasteiger partial charge on any atom is -0.396 e. The van der Waals surface area contributed by atoms with E-state index in [4.69, 9.17) is 0 Å². The summed E-state index contributed by atoms with van der Waals surface area (Å²) in [5.41, 5.74) is -1.91. The van der Waals surface area contributed by atoms with Gasteiger partial charge in [0.05, 0.1) is 23.4 Å². The highest BCUT2D eigenvalue weighted by Crippen LogP contribution is 2.68. The minimum absolute atomic E-state index is 0.0348. The minimum atomic E-state index is -1.12. The van der Waals surface area contributed by atoms with Gasteiger partial charge in [0.2, 0.25) is 0 Å². The first-order valence-corrected chi connectivity index (χ1v) is 12.9. The van der Waals surface area contributed by atoms with E-state index in [0.29, 0.717) is 38.5 Å². The van der Waals surface area contributed by atoms with Crippen LogP contribution in [0.5, 0.6) is 0 Å². The average molecular weight is 465 g/mol. The molecule has 0 spiro atoms. The molecule has 0 amide bonds. The molecule has 188 valence electrons. The van der Waals surface area contributed by atoms with Crippen LogP contribution in [0.1, 0.15) is 85.5 Å². The van der Waals surface area contributed by atoms with Crippen LogP contribution in [0, 0.1) is 34.5 Å². The number of aliphatic hydroxyl groups is 5. The molecule has 3 saturated carbocycles. The van der Waals surface area contributed by atoms with Crippen LogP contribution in [-0.2, 0) is 4.79 Å². The average Bonchev–Trinajstić information content (AvgIpc) is 3.00. The van der Waals surface area contributed by atoms with E-state index in [-0.39, 0.29) is 41.5 Å². The number of aliphatic hydroxyl groups excluding tert-OH is 3. The van der Waals surface area contributed by atoms with Gasteiger partial charge in [0.25, 0.3) is 0 Å². The Bertz CT molecular complexity index is 801. The van der Waals surface area contributed by atoms with Crippen molar-refractivity contribution in [2.24, 2.45) is 34.5 Å². The van der Waals surface area contributed by atoms with Gasteiger partial charge in [-0.1, -0.05) is 13.8 Å². The molecule has 0 aromatic rings. The van der Waals surface area contributed by atoms with Gasteiger partial charge in [-0.05, 0) is 101 Å². The second-order valence-electron chi connectivity index (χ2n) is 12.8. The molecular formula is C27H44O6. The molecule has 0 bridgehead atoms. The maximum atomic E-state index is 13.2. The molecule has 4 aliphatic carbocycles. The second-order valence-corrected chi connectivity index (χ2v) is 12.8. The molecule has 4 rings (SSSR count). The summed E-state index contributed by atoms with van der Waals surface area (Å²) in [6.07, 6.45) is 6.21. The van der Waals surface area contributed by atoms with Crippen LogP contribution < -0.4 is 0 Å². The van der Waals surface area contributed by atoms with Crippen molar-refractivity contribution in [2.45, 2.75) is 109 Å². The zero-order valence-electron chi connectivity index (χ0n) is 20.8. The van der Waals surface area contributed by atoms with Crippen molar-refractivity contribution in [3.63, 3.8) is 0 Å². The number of carbonyl (C=O) groups excluding carboxylic acids is 1. The molecule has 2 unspecified atom stereocenters. The first-order chi connectivity index (χ1) is 15.3. The van der Waals surface area contributed by atoms with Crippen LogP contribution in [-0.4, -0.2) is 61.3 Å². The molecule has 0 heterocycles. The molecular weight excluding hydrogens is 420 g/mol. The topological polar surface area (TPSA) is 118 Å². The van der Waals surface area contributed by atoms with Crippen LogP contribution in [0.25, 0.3) is 0 Å². The first-order valence-electron chi connectivity index (χ1n) is 12.9. The zero-order chi connectivity index (χ0) is 24.4. The second kappa shape index (κ2) is 8.41. The van der Waals surface area contributed by atoms with E-state index in [2.05, 4.69) is 13.8 Å². The Kier molecular flexibility index (Phi) is 6.45. The largest absolute Gasteiger partial charge is 0.396 e.